The van der Waals surface area contributed by atoms with Crippen molar-refractivity contribution in [3.05, 3.63) is 18.0 Å². The van der Waals surface area contributed by atoms with Crippen LogP contribution in [0.4, 0.5) is 5.69 Å². The monoisotopic (exact) mass is 251 g/mol. The minimum absolute atomic E-state index is 0.190. The van der Waals surface area contributed by atoms with Crippen LogP contribution < -0.4 is 11.1 Å². The summed E-state index contributed by atoms with van der Waals surface area (Å²) in [5.74, 6) is -0.190. The largest absolute Gasteiger partial charge is 0.397 e. The number of carbonyl (C=O) groups excluding carboxylic acids is 1. The number of nitrogen functional groups attached to an aromatic ring is 1. The number of aliphatic hydroxyl groups excluding tert-OH is 1. The second kappa shape index (κ2) is 4.31. The van der Waals surface area contributed by atoms with Crippen molar-refractivity contribution in [2.24, 2.45) is 0 Å². The van der Waals surface area contributed by atoms with Gasteiger partial charge in [0.05, 0.1) is 17.3 Å². The Morgan fingerprint density at radius 3 is 2.72 bits per heavy atom. The Bertz CT molecular complexity index is 459. The van der Waals surface area contributed by atoms with Crippen molar-refractivity contribution in [1.82, 2.24) is 9.88 Å². The number of aromatic nitrogens is 1. The van der Waals surface area contributed by atoms with Crippen LogP contribution in [0.25, 0.3) is 0 Å². The predicted molar refractivity (Wildman–Crippen MR) is 70.3 cm³/mol. The number of nitrogens with one attached hydrogen (secondary N) is 1. The van der Waals surface area contributed by atoms with Gasteiger partial charge in [0, 0.05) is 12.2 Å². The highest BCUT2D eigenvalue weighted by Gasteiger charge is 2.31. The molecule has 2 rings (SSSR count). The highest BCUT2D eigenvalue weighted by molar-refractivity contribution is 5.94. The van der Waals surface area contributed by atoms with E-state index in [1.807, 2.05) is 10.8 Å². The fourth-order valence-electron chi connectivity index (χ4n) is 1.80. The van der Waals surface area contributed by atoms with Crippen molar-refractivity contribution in [1.29, 1.82) is 0 Å². The lowest BCUT2D eigenvalue weighted by atomic mass is 9.98. The molecule has 1 atom stereocenters. The van der Waals surface area contributed by atoms with Gasteiger partial charge in [0.2, 0.25) is 0 Å². The van der Waals surface area contributed by atoms with Gasteiger partial charge >= 0.3 is 0 Å². The number of hydrogen-bond acceptors (Lipinski definition) is 3. The summed E-state index contributed by atoms with van der Waals surface area (Å²) in [6, 6.07) is 2.09. The third-order valence-corrected chi connectivity index (χ3v) is 3.52. The Balaban J connectivity index is 2.18. The van der Waals surface area contributed by atoms with Crippen LogP contribution in [0.5, 0.6) is 0 Å². The Morgan fingerprint density at radius 2 is 2.22 bits per heavy atom. The van der Waals surface area contributed by atoms with Gasteiger partial charge in [-0.2, -0.15) is 0 Å². The normalized spacial score (nSPS) is 17.6. The van der Waals surface area contributed by atoms with Crippen molar-refractivity contribution in [2.45, 2.75) is 51.3 Å². The number of hydrogen-bond donors (Lipinski definition) is 3. The van der Waals surface area contributed by atoms with Gasteiger partial charge in [-0.05, 0) is 39.7 Å². The number of amides is 1. The number of aliphatic hydroxyl groups is 1. The first-order valence-electron chi connectivity index (χ1n) is 6.29. The van der Waals surface area contributed by atoms with Crippen molar-refractivity contribution in [3.63, 3.8) is 0 Å². The van der Waals surface area contributed by atoms with Crippen LogP contribution in [0.3, 0.4) is 0 Å². The second-order valence-electron chi connectivity index (χ2n) is 5.65. The van der Waals surface area contributed by atoms with Crippen molar-refractivity contribution >= 4 is 11.6 Å². The summed E-state index contributed by atoms with van der Waals surface area (Å²) in [6.45, 7) is 5.25. The molecule has 1 aromatic rings. The van der Waals surface area contributed by atoms with Gasteiger partial charge in [0.15, 0.2) is 0 Å². The van der Waals surface area contributed by atoms with Crippen LogP contribution in [0.15, 0.2) is 12.3 Å². The molecule has 5 nitrogen and oxygen atoms in total. The van der Waals surface area contributed by atoms with E-state index in [1.165, 1.54) is 0 Å². The van der Waals surface area contributed by atoms with Crippen LogP contribution >= 0.6 is 0 Å². The van der Waals surface area contributed by atoms with Crippen LogP contribution in [-0.4, -0.2) is 27.2 Å². The molecular formula is C13H21N3O2. The first-order valence-corrected chi connectivity index (χ1v) is 6.29. The van der Waals surface area contributed by atoms with E-state index in [1.54, 1.807) is 26.8 Å². The molecule has 1 saturated carbocycles. The summed E-state index contributed by atoms with van der Waals surface area (Å²) in [4.78, 5) is 12.2. The first kappa shape index (κ1) is 13.0. The van der Waals surface area contributed by atoms with Crippen LogP contribution in [-0.2, 0) is 0 Å². The number of carbonyl (C=O) groups is 1. The molecular weight excluding hydrogens is 230 g/mol. The molecule has 1 unspecified atom stereocenters. The summed E-state index contributed by atoms with van der Waals surface area (Å²) < 4.78 is 1.93. The lowest BCUT2D eigenvalue weighted by molar-refractivity contribution is 0.0702. The van der Waals surface area contributed by atoms with Crippen LogP contribution in [0, 0.1) is 0 Å². The summed E-state index contributed by atoms with van der Waals surface area (Å²) >= 11 is 0. The van der Waals surface area contributed by atoms with Crippen LogP contribution in [0.2, 0.25) is 0 Å². The molecule has 0 saturated heterocycles. The average Bonchev–Trinajstić information content (AvgIpc) is 3.01. The molecule has 1 heterocycles. The van der Waals surface area contributed by atoms with Gasteiger partial charge in [0.1, 0.15) is 5.69 Å². The smallest absolute Gasteiger partial charge is 0.268 e. The molecule has 0 aliphatic heterocycles. The highest BCUT2D eigenvalue weighted by Crippen LogP contribution is 2.37. The maximum Gasteiger partial charge on any atom is 0.268 e. The third-order valence-electron chi connectivity index (χ3n) is 3.52. The average molecular weight is 251 g/mol. The standard InChI is InChI=1S/C13H21N3O2/c1-8(17)13(2,3)15-12(18)11-6-9(14)7-16(11)10-4-5-10/h6-8,10,17H,4-5,14H2,1-3H3,(H,15,18). The Labute approximate surface area is 107 Å². The number of nitrogens with two attached hydrogens (primary N) is 1. The van der Waals surface area contributed by atoms with E-state index in [2.05, 4.69) is 5.32 Å². The van der Waals surface area contributed by atoms with E-state index >= 15 is 0 Å². The Morgan fingerprint density at radius 1 is 1.61 bits per heavy atom. The van der Waals surface area contributed by atoms with E-state index in [-0.39, 0.29) is 5.91 Å². The van der Waals surface area contributed by atoms with Gasteiger partial charge < -0.3 is 20.7 Å². The molecule has 1 aromatic heterocycles. The fourth-order valence-corrected chi connectivity index (χ4v) is 1.80. The first-order chi connectivity index (χ1) is 8.31. The Kier molecular flexibility index (Phi) is 3.11. The van der Waals surface area contributed by atoms with Gasteiger partial charge in [-0.1, -0.05) is 0 Å². The quantitative estimate of drug-likeness (QED) is 0.754. The summed E-state index contributed by atoms with van der Waals surface area (Å²) in [6.07, 6.45) is 3.37. The third kappa shape index (κ3) is 2.51. The topological polar surface area (TPSA) is 80.3 Å². The number of anilines is 1. The van der Waals surface area contributed by atoms with E-state index < -0.39 is 11.6 Å². The number of rotatable bonds is 4. The van der Waals surface area contributed by atoms with E-state index in [0.717, 1.165) is 12.8 Å². The molecule has 4 N–H and O–H groups in total. The van der Waals surface area contributed by atoms with Crippen molar-refractivity contribution < 1.29 is 9.90 Å². The molecule has 0 radical (unpaired) electrons. The maximum atomic E-state index is 12.2. The summed E-state index contributed by atoms with van der Waals surface area (Å²) in [7, 11) is 0. The minimum atomic E-state index is -0.662. The zero-order valence-corrected chi connectivity index (χ0v) is 11.1. The highest BCUT2D eigenvalue weighted by atomic mass is 16.3. The van der Waals surface area contributed by atoms with Crippen molar-refractivity contribution in [2.75, 3.05) is 5.73 Å². The molecule has 1 aliphatic rings. The number of nitrogens with zero attached hydrogens (tertiary/aromatic N) is 1. The maximum absolute atomic E-state index is 12.2. The minimum Gasteiger partial charge on any atom is -0.397 e. The second-order valence-corrected chi connectivity index (χ2v) is 5.65. The zero-order valence-electron chi connectivity index (χ0n) is 11.1. The lowest BCUT2D eigenvalue weighted by Gasteiger charge is -2.29. The molecule has 0 spiro atoms. The molecule has 5 heteroatoms. The molecule has 18 heavy (non-hydrogen) atoms. The molecule has 1 amide bonds. The molecule has 100 valence electrons. The van der Waals surface area contributed by atoms with Gasteiger partial charge in [0.25, 0.3) is 5.91 Å². The van der Waals surface area contributed by atoms with Gasteiger partial charge in [-0.15, -0.1) is 0 Å². The lowest BCUT2D eigenvalue weighted by Crippen LogP contribution is -2.51. The summed E-state index contributed by atoms with van der Waals surface area (Å²) in [5.41, 5.74) is 6.27. The Hall–Kier alpha value is -1.49. The predicted octanol–water partition coefficient (Wildman–Crippen LogP) is 1.29. The fraction of sp³-hybridized carbons (Fsp3) is 0.615. The molecule has 0 bridgehead atoms. The molecule has 1 aliphatic carbocycles. The van der Waals surface area contributed by atoms with Crippen molar-refractivity contribution in [3.8, 4) is 0 Å². The van der Waals surface area contributed by atoms with E-state index in [0.29, 0.717) is 17.4 Å². The van der Waals surface area contributed by atoms with Crippen LogP contribution in [0.1, 0.15) is 50.1 Å². The van der Waals surface area contributed by atoms with Gasteiger partial charge in [-0.25, -0.2) is 0 Å². The molecule has 0 aromatic carbocycles. The zero-order chi connectivity index (χ0) is 13.5. The SMILES string of the molecule is CC(O)C(C)(C)NC(=O)c1cc(N)cn1C1CC1. The summed E-state index contributed by atoms with van der Waals surface area (Å²) in [5, 5.41) is 12.5. The van der Waals surface area contributed by atoms with E-state index in [4.69, 9.17) is 5.73 Å². The molecule has 1 fully saturated rings. The van der Waals surface area contributed by atoms with E-state index in [9.17, 15) is 9.90 Å². The van der Waals surface area contributed by atoms with Gasteiger partial charge in [-0.3, -0.25) is 4.79 Å².